The second-order valence-corrected chi connectivity index (χ2v) is 5.01. The molecule has 0 saturated carbocycles. The summed E-state index contributed by atoms with van der Waals surface area (Å²) in [6.07, 6.45) is 0. The maximum Gasteiger partial charge on any atom is 0.354 e. The van der Waals surface area contributed by atoms with Crippen molar-refractivity contribution < 1.29 is 14.6 Å². The van der Waals surface area contributed by atoms with Gasteiger partial charge in [0.05, 0.1) is 12.1 Å². The van der Waals surface area contributed by atoms with Gasteiger partial charge in [0.25, 0.3) is 0 Å². The standard InChI is InChI=1S/C15H17NO3/c1-9(2)8-19-11-4-5-13-12(7-11)10(3)6-14(16-13)15(17)18/h4-7,9H,8H2,1-3H3,(H,17,18). The van der Waals surface area contributed by atoms with Gasteiger partial charge in [0.15, 0.2) is 0 Å². The summed E-state index contributed by atoms with van der Waals surface area (Å²) in [5.41, 5.74) is 1.63. The molecule has 0 spiro atoms. The summed E-state index contributed by atoms with van der Waals surface area (Å²) in [4.78, 5) is 15.1. The molecule has 0 radical (unpaired) electrons. The van der Waals surface area contributed by atoms with Gasteiger partial charge in [-0.05, 0) is 42.7 Å². The molecule has 0 bridgehead atoms. The lowest BCUT2D eigenvalue weighted by Gasteiger charge is -2.10. The number of carboxylic acids is 1. The molecule has 1 heterocycles. The van der Waals surface area contributed by atoms with Crippen molar-refractivity contribution in [2.24, 2.45) is 5.92 Å². The van der Waals surface area contributed by atoms with Crippen LogP contribution in [0, 0.1) is 12.8 Å². The fourth-order valence-corrected chi connectivity index (χ4v) is 1.84. The second-order valence-electron chi connectivity index (χ2n) is 5.01. The van der Waals surface area contributed by atoms with Crippen LogP contribution in [0.25, 0.3) is 10.9 Å². The number of rotatable bonds is 4. The van der Waals surface area contributed by atoms with Gasteiger partial charge in [-0.3, -0.25) is 0 Å². The monoisotopic (exact) mass is 259 g/mol. The number of aryl methyl sites for hydroxylation is 1. The van der Waals surface area contributed by atoms with E-state index in [1.807, 2.05) is 19.1 Å². The molecule has 0 aliphatic rings. The third kappa shape index (κ3) is 3.02. The molecule has 1 N–H and O–H groups in total. The summed E-state index contributed by atoms with van der Waals surface area (Å²) in [5.74, 6) is 0.239. The summed E-state index contributed by atoms with van der Waals surface area (Å²) < 4.78 is 5.66. The number of hydrogen-bond acceptors (Lipinski definition) is 3. The van der Waals surface area contributed by atoms with Crippen LogP contribution in [0.3, 0.4) is 0 Å². The van der Waals surface area contributed by atoms with E-state index in [4.69, 9.17) is 9.84 Å². The highest BCUT2D eigenvalue weighted by atomic mass is 16.5. The number of benzene rings is 1. The molecule has 1 aromatic heterocycles. The van der Waals surface area contributed by atoms with Crippen LogP contribution in [0.4, 0.5) is 0 Å². The van der Waals surface area contributed by atoms with Gasteiger partial charge in [-0.2, -0.15) is 0 Å². The van der Waals surface area contributed by atoms with E-state index in [1.165, 1.54) is 0 Å². The molecule has 100 valence electrons. The number of nitrogens with zero attached hydrogens (tertiary/aromatic N) is 1. The summed E-state index contributed by atoms with van der Waals surface area (Å²) >= 11 is 0. The fourth-order valence-electron chi connectivity index (χ4n) is 1.84. The first-order valence-corrected chi connectivity index (χ1v) is 6.25. The molecule has 0 saturated heterocycles. The molecular weight excluding hydrogens is 242 g/mol. The Labute approximate surface area is 112 Å². The van der Waals surface area contributed by atoms with Crippen LogP contribution in [0.1, 0.15) is 29.9 Å². The minimum atomic E-state index is -1.01. The van der Waals surface area contributed by atoms with Crippen LogP contribution in [-0.2, 0) is 0 Å². The Hall–Kier alpha value is -2.10. The van der Waals surface area contributed by atoms with E-state index in [9.17, 15) is 4.79 Å². The molecular formula is C15H17NO3. The minimum absolute atomic E-state index is 0.0702. The van der Waals surface area contributed by atoms with Crippen molar-refractivity contribution in [2.75, 3.05) is 6.61 Å². The number of pyridine rings is 1. The number of aromatic nitrogens is 1. The van der Waals surface area contributed by atoms with Gasteiger partial charge in [0, 0.05) is 5.39 Å². The molecule has 0 amide bonds. The van der Waals surface area contributed by atoms with E-state index >= 15 is 0 Å². The first kappa shape index (κ1) is 13.3. The molecule has 0 aliphatic carbocycles. The lowest BCUT2D eigenvalue weighted by molar-refractivity contribution is 0.0691. The zero-order chi connectivity index (χ0) is 14.0. The number of hydrogen-bond donors (Lipinski definition) is 1. The molecule has 0 fully saturated rings. The van der Waals surface area contributed by atoms with Crippen LogP contribution in [0.15, 0.2) is 24.3 Å². The Morgan fingerprint density at radius 3 is 2.74 bits per heavy atom. The van der Waals surface area contributed by atoms with Gasteiger partial charge in [-0.25, -0.2) is 9.78 Å². The second kappa shape index (κ2) is 5.26. The Morgan fingerprint density at radius 2 is 2.11 bits per heavy atom. The highest BCUT2D eigenvalue weighted by molar-refractivity contribution is 5.91. The Balaban J connectivity index is 2.40. The third-order valence-electron chi connectivity index (χ3n) is 2.79. The zero-order valence-electron chi connectivity index (χ0n) is 11.3. The molecule has 4 heteroatoms. The average molecular weight is 259 g/mol. The predicted molar refractivity (Wildman–Crippen MR) is 73.8 cm³/mol. The van der Waals surface area contributed by atoms with Gasteiger partial charge < -0.3 is 9.84 Å². The van der Waals surface area contributed by atoms with E-state index in [-0.39, 0.29) is 5.69 Å². The van der Waals surface area contributed by atoms with Crippen molar-refractivity contribution in [1.82, 2.24) is 4.98 Å². The zero-order valence-corrected chi connectivity index (χ0v) is 11.3. The van der Waals surface area contributed by atoms with Gasteiger partial charge in [-0.15, -0.1) is 0 Å². The number of carbonyl (C=O) groups is 1. The number of fused-ring (bicyclic) bond motifs is 1. The Bertz CT molecular complexity index is 620. The van der Waals surface area contributed by atoms with Gasteiger partial charge >= 0.3 is 5.97 Å². The molecule has 1 aromatic carbocycles. The van der Waals surface area contributed by atoms with E-state index < -0.39 is 5.97 Å². The Kier molecular flexibility index (Phi) is 3.69. The van der Waals surface area contributed by atoms with E-state index in [1.54, 1.807) is 12.1 Å². The van der Waals surface area contributed by atoms with Crippen molar-refractivity contribution in [1.29, 1.82) is 0 Å². The maximum absolute atomic E-state index is 11.0. The van der Waals surface area contributed by atoms with Crippen LogP contribution < -0.4 is 4.74 Å². The largest absolute Gasteiger partial charge is 0.493 e. The van der Waals surface area contributed by atoms with Gasteiger partial charge in [0.2, 0.25) is 0 Å². The van der Waals surface area contributed by atoms with Crippen LogP contribution in [0.2, 0.25) is 0 Å². The highest BCUT2D eigenvalue weighted by Crippen LogP contribution is 2.23. The van der Waals surface area contributed by atoms with E-state index in [0.29, 0.717) is 18.0 Å². The first-order valence-electron chi connectivity index (χ1n) is 6.25. The van der Waals surface area contributed by atoms with Crippen molar-refractivity contribution in [3.8, 4) is 5.75 Å². The van der Waals surface area contributed by atoms with Crippen LogP contribution in [-0.4, -0.2) is 22.7 Å². The third-order valence-corrected chi connectivity index (χ3v) is 2.79. The van der Waals surface area contributed by atoms with Gasteiger partial charge in [-0.1, -0.05) is 13.8 Å². The molecule has 0 unspecified atom stereocenters. The maximum atomic E-state index is 11.0. The predicted octanol–water partition coefficient (Wildman–Crippen LogP) is 3.28. The Morgan fingerprint density at radius 1 is 1.37 bits per heavy atom. The summed E-state index contributed by atoms with van der Waals surface area (Å²) in [6, 6.07) is 7.11. The topological polar surface area (TPSA) is 59.4 Å². The molecule has 2 rings (SSSR count). The minimum Gasteiger partial charge on any atom is -0.493 e. The van der Waals surface area contributed by atoms with Crippen molar-refractivity contribution >= 4 is 16.9 Å². The molecule has 19 heavy (non-hydrogen) atoms. The molecule has 0 aliphatic heterocycles. The lowest BCUT2D eigenvalue weighted by atomic mass is 10.1. The summed E-state index contributed by atoms with van der Waals surface area (Å²) in [6.45, 7) is 6.72. The van der Waals surface area contributed by atoms with Gasteiger partial charge in [0.1, 0.15) is 11.4 Å². The average Bonchev–Trinajstić information content (AvgIpc) is 2.36. The van der Waals surface area contributed by atoms with Crippen molar-refractivity contribution in [3.05, 3.63) is 35.5 Å². The van der Waals surface area contributed by atoms with E-state index in [2.05, 4.69) is 18.8 Å². The molecule has 0 atom stereocenters. The highest BCUT2D eigenvalue weighted by Gasteiger charge is 2.09. The summed E-state index contributed by atoms with van der Waals surface area (Å²) in [5, 5.41) is 9.90. The summed E-state index contributed by atoms with van der Waals surface area (Å²) in [7, 11) is 0. The first-order chi connectivity index (χ1) is 8.97. The van der Waals surface area contributed by atoms with E-state index in [0.717, 1.165) is 16.7 Å². The fraction of sp³-hybridized carbons (Fsp3) is 0.333. The quantitative estimate of drug-likeness (QED) is 0.915. The van der Waals surface area contributed by atoms with Crippen LogP contribution in [0.5, 0.6) is 5.75 Å². The normalized spacial score (nSPS) is 10.9. The smallest absolute Gasteiger partial charge is 0.354 e. The number of carboxylic acid groups (broad SMARTS) is 1. The molecule has 4 nitrogen and oxygen atoms in total. The van der Waals surface area contributed by atoms with Crippen LogP contribution >= 0.6 is 0 Å². The van der Waals surface area contributed by atoms with Crippen molar-refractivity contribution in [3.63, 3.8) is 0 Å². The number of ether oxygens (including phenoxy) is 1. The lowest BCUT2D eigenvalue weighted by Crippen LogP contribution is -2.05. The molecule has 2 aromatic rings. The van der Waals surface area contributed by atoms with Crippen molar-refractivity contribution in [2.45, 2.75) is 20.8 Å². The number of aromatic carboxylic acids is 1. The SMILES string of the molecule is Cc1cc(C(=O)O)nc2ccc(OCC(C)C)cc12.